The van der Waals surface area contributed by atoms with E-state index in [2.05, 4.69) is 9.99 Å². The van der Waals surface area contributed by atoms with Crippen LogP contribution in [0.4, 0.5) is 4.79 Å². The van der Waals surface area contributed by atoms with Crippen LogP contribution in [-0.4, -0.2) is 24.8 Å². The molecule has 12 heavy (non-hydrogen) atoms. The van der Waals surface area contributed by atoms with E-state index < -0.39 is 17.7 Å². The summed E-state index contributed by atoms with van der Waals surface area (Å²) in [7, 11) is 1.11. The van der Waals surface area contributed by atoms with Gasteiger partial charge in [0, 0.05) is 0 Å². The Morgan fingerprint density at radius 3 is 2.50 bits per heavy atom. The maximum Gasteiger partial charge on any atom is 0.457 e. The van der Waals surface area contributed by atoms with Crippen LogP contribution in [0.15, 0.2) is 5.16 Å². The van der Waals surface area contributed by atoms with Gasteiger partial charge in [0.05, 0.1) is 0 Å². The number of amides is 2. The van der Waals surface area contributed by atoms with E-state index in [0.717, 1.165) is 7.11 Å². The molecule has 7 heteroatoms. The number of imide groups is 1. The lowest BCUT2D eigenvalue weighted by atomic mass is 10.4. The predicted molar refractivity (Wildman–Crippen MR) is 34.3 cm³/mol. The van der Waals surface area contributed by atoms with E-state index in [-0.39, 0.29) is 0 Å². The third-order valence-corrected chi connectivity index (χ3v) is 0.719. The van der Waals surface area contributed by atoms with Gasteiger partial charge in [-0.1, -0.05) is 5.16 Å². The Morgan fingerprint density at radius 2 is 2.17 bits per heavy atom. The molecule has 0 heterocycles. The molecular weight excluding hydrogens is 166 g/mol. The zero-order chi connectivity index (χ0) is 9.56. The van der Waals surface area contributed by atoms with Crippen LogP contribution in [-0.2, 0) is 14.7 Å². The first-order valence-electron chi connectivity index (χ1n) is 2.65. The Morgan fingerprint density at radius 1 is 1.58 bits per heavy atom. The SMILES string of the molecule is CO/N=C(\C#N)C(=O)NC([O])=O. The molecule has 0 aromatic rings. The molecule has 2 amide bonds. The van der Waals surface area contributed by atoms with Crippen molar-refractivity contribution in [3.05, 3.63) is 0 Å². The van der Waals surface area contributed by atoms with Crippen LogP contribution in [0.5, 0.6) is 0 Å². The molecule has 0 aliphatic rings. The van der Waals surface area contributed by atoms with Gasteiger partial charge in [0.25, 0.3) is 5.91 Å². The molecule has 0 atom stereocenters. The number of nitrogens with one attached hydrogen (secondary N) is 1. The number of carbonyl (C=O) groups is 2. The molecule has 0 bridgehead atoms. The average Bonchev–Trinajstić information content (AvgIpc) is 1.98. The number of carbonyl (C=O) groups excluding carboxylic acids is 2. The van der Waals surface area contributed by atoms with Gasteiger partial charge in [-0.2, -0.15) is 5.26 Å². The van der Waals surface area contributed by atoms with E-state index in [1.54, 1.807) is 0 Å². The molecule has 7 nitrogen and oxygen atoms in total. The van der Waals surface area contributed by atoms with Crippen LogP contribution in [0.1, 0.15) is 0 Å². The van der Waals surface area contributed by atoms with Crippen molar-refractivity contribution in [1.29, 1.82) is 5.26 Å². The molecule has 0 rings (SSSR count). The number of hydrogen-bond donors (Lipinski definition) is 1. The zero-order valence-electron chi connectivity index (χ0n) is 6.03. The van der Waals surface area contributed by atoms with Crippen LogP contribution in [0.2, 0.25) is 0 Å². The fraction of sp³-hybridized carbons (Fsp3) is 0.200. The van der Waals surface area contributed by atoms with Gasteiger partial charge in [0.1, 0.15) is 13.2 Å². The van der Waals surface area contributed by atoms with Crippen molar-refractivity contribution < 1.29 is 19.5 Å². The number of rotatable bonds is 2. The van der Waals surface area contributed by atoms with Crippen molar-refractivity contribution in [2.75, 3.05) is 7.11 Å². The minimum absolute atomic E-state index is 0.693. The van der Waals surface area contributed by atoms with E-state index in [9.17, 15) is 14.7 Å². The largest absolute Gasteiger partial charge is 0.457 e. The Bertz CT molecular complexity index is 264. The minimum Gasteiger partial charge on any atom is -0.398 e. The minimum atomic E-state index is -1.81. The van der Waals surface area contributed by atoms with Gasteiger partial charge < -0.3 is 4.84 Å². The van der Waals surface area contributed by atoms with Crippen LogP contribution in [0.3, 0.4) is 0 Å². The topological polar surface area (TPSA) is 111 Å². The summed E-state index contributed by atoms with van der Waals surface area (Å²) in [5, 5.41) is 22.3. The molecule has 1 radical (unpaired) electrons. The second kappa shape index (κ2) is 4.68. The molecule has 0 saturated heterocycles. The third kappa shape index (κ3) is 3.17. The molecule has 1 N–H and O–H groups in total. The quantitative estimate of drug-likeness (QED) is 0.430. The molecule has 0 aliphatic heterocycles. The maximum atomic E-state index is 10.6. The highest BCUT2D eigenvalue weighted by Crippen LogP contribution is 1.79. The van der Waals surface area contributed by atoms with Gasteiger partial charge in [-0.15, -0.1) is 0 Å². The van der Waals surface area contributed by atoms with Crippen LogP contribution >= 0.6 is 0 Å². The monoisotopic (exact) mass is 170 g/mol. The fourth-order valence-electron chi connectivity index (χ4n) is 0.356. The number of nitrogens with zero attached hydrogens (tertiary/aromatic N) is 2. The molecule has 0 fully saturated rings. The van der Waals surface area contributed by atoms with E-state index >= 15 is 0 Å². The Balaban J connectivity index is 4.36. The maximum absolute atomic E-state index is 10.6. The molecule has 0 spiro atoms. The van der Waals surface area contributed by atoms with Crippen molar-refractivity contribution in [2.24, 2.45) is 5.16 Å². The lowest BCUT2D eigenvalue weighted by molar-refractivity contribution is -0.114. The van der Waals surface area contributed by atoms with Gasteiger partial charge in [0.2, 0.25) is 5.71 Å². The highest BCUT2D eigenvalue weighted by molar-refractivity contribution is 6.46. The highest BCUT2D eigenvalue weighted by atomic mass is 16.6. The summed E-state index contributed by atoms with van der Waals surface area (Å²) >= 11 is 0. The van der Waals surface area contributed by atoms with Crippen LogP contribution in [0.25, 0.3) is 0 Å². The van der Waals surface area contributed by atoms with Crippen molar-refractivity contribution in [2.45, 2.75) is 0 Å². The Kier molecular flexibility index (Phi) is 3.86. The summed E-state index contributed by atoms with van der Waals surface area (Å²) in [5.41, 5.74) is -0.693. The third-order valence-electron chi connectivity index (χ3n) is 0.719. The highest BCUT2D eigenvalue weighted by Gasteiger charge is 2.14. The molecule has 0 aromatic carbocycles. The van der Waals surface area contributed by atoms with Crippen LogP contribution < -0.4 is 5.32 Å². The Labute approximate surface area is 67.2 Å². The van der Waals surface area contributed by atoms with E-state index in [1.165, 1.54) is 11.4 Å². The summed E-state index contributed by atoms with van der Waals surface area (Å²) in [6, 6.07) is 1.33. The van der Waals surface area contributed by atoms with Gasteiger partial charge in [-0.3, -0.25) is 10.1 Å². The Hall–Kier alpha value is -2.10. The smallest absolute Gasteiger partial charge is 0.398 e. The summed E-state index contributed by atoms with van der Waals surface area (Å²) < 4.78 is 0. The van der Waals surface area contributed by atoms with E-state index in [1.807, 2.05) is 0 Å². The molecule has 0 aliphatic carbocycles. The van der Waals surface area contributed by atoms with Gasteiger partial charge in [0.15, 0.2) is 0 Å². The molecule has 0 unspecified atom stereocenters. The second-order valence-corrected chi connectivity index (χ2v) is 1.48. The van der Waals surface area contributed by atoms with Crippen molar-refractivity contribution in [3.8, 4) is 6.07 Å². The normalized spacial score (nSPS) is 9.83. The first-order chi connectivity index (χ1) is 5.61. The fourth-order valence-corrected chi connectivity index (χ4v) is 0.356. The lowest BCUT2D eigenvalue weighted by Crippen LogP contribution is -2.33. The van der Waals surface area contributed by atoms with E-state index in [4.69, 9.17) is 5.26 Å². The van der Waals surface area contributed by atoms with Gasteiger partial charge in [-0.05, 0) is 0 Å². The summed E-state index contributed by atoms with van der Waals surface area (Å²) in [5.74, 6) is -1.18. The molecule has 63 valence electrons. The number of hydrogen-bond acceptors (Lipinski definition) is 5. The van der Waals surface area contributed by atoms with Crippen molar-refractivity contribution in [1.82, 2.24) is 5.32 Å². The number of nitriles is 1. The first-order valence-corrected chi connectivity index (χ1v) is 2.65. The van der Waals surface area contributed by atoms with E-state index in [0.29, 0.717) is 0 Å². The zero-order valence-corrected chi connectivity index (χ0v) is 6.03. The lowest BCUT2D eigenvalue weighted by Gasteiger charge is -1.93. The number of oxime groups is 1. The standard InChI is InChI=1S/C5H4N3O4/c1-12-8-3(2-6)4(9)7-5(10)11/h1H3,(H,7,9)/b8-3+. The predicted octanol–water partition coefficient (Wildman–Crippen LogP) is -0.821. The average molecular weight is 170 g/mol. The molecular formula is C5H4N3O4. The van der Waals surface area contributed by atoms with Crippen molar-refractivity contribution in [3.63, 3.8) is 0 Å². The molecule has 0 aromatic heterocycles. The van der Waals surface area contributed by atoms with Gasteiger partial charge >= 0.3 is 6.09 Å². The summed E-state index contributed by atoms with van der Waals surface area (Å²) in [6.45, 7) is 0. The summed E-state index contributed by atoms with van der Waals surface area (Å²) in [6.07, 6.45) is -1.81. The molecule has 0 saturated carbocycles. The van der Waals surface area contributed by atoms with Crippen LogP contribution in [0, 0.1) is 11.3 Å². The van der Waals surface area contributed by atoms with Crippen molar-refractivity contribution >= 4 is 17.7 Å². The summed E-state index contributed by atoms with van der Waals surface area (Å²) in [4.78, 5) is 24.5. The second-order valence-electron chi connectivity index (χ2n) is 1.48. The first kappa shape index (κ1) is 9.90. The van der Waals surface area contributed by atoms with Gasteiger partial charge in [-0.25, -0.2) is 9.90 Å².